The third-order valence-corrected chi connectivity index (χ3v) is 5.36. The highest BCUT2D eigenvalue weighted by atomic mass is 16.7. The van der Waals surface area contributed by atoms with Crippen LogP contribution in [-0.4, -0.2) is 16.3 Å². The molecule has 2 atom stereocenters. The molecule has 1 aromatic heterocycles. The first-order valence-electron chi connectivity index (χ1n) is 9.18. The average molecular weight is 373 g/mol. The number of imidazole rings is 1. The highest BCUT2D eigenvalue weighted by Crippen LogP contribution is 2.40. The van der Waals surface area contributed by atoms with Crippen LogP contribution < -0.4 is 20.5 Å². The first kappa shape index (κ1) is 16.5. The number of benzene rings is 2. The number of ether oxygens (including phenoxy) is 2. The Morgan fingerprint density at radius 2 is 2.11 bits per heavy atom. The molecule has 3 heterocycles. The van der Waals surface area contributed by atoms with Crippen molar-refractivity contribution in [1.82, 2.24) is 9.55 Å². The van der Waals surface area contributed by atoms with E-state index in [9.17, 15) is 5.26 Å². The molecule has 2 aromatic carbocycles. The van der Waals surface area contributed by atoms with E-state index in [0.29, 0.717) is 17.3 Å². The second-order valence-electron chi connectivity index (χ2n) is 7.17. The van der Waals surface area contributed by atoms with E-state index in [4.69, 9.17) is 15.2 Å². The smallest absolute Gasteiger partial charge is 0.231 e. The van der Waals surface area contributed by atoms with Crippen LogP contribution in [0.2, 0.25) is 0 Å². The summed E-state index contributed by atoms with van der Waals surface area (Å²) in [5.41, 5.74) is 9.68. The van der Waals surface area contributed by atoms with Gasteiger partial charge in [0, 0.05) is 0 Å². The lowest BCUT2D eigenvalue weighted by atomic mass is 9.88. The Balaban J connectivity index is 1.56. The summed E-state index contributed by atoms with van der Waals surface area (Å²) in [5, 5.41) is 12.9. The molecule has 0 spiro atoms. The molecule has 2 aliphatic rings. The quantitative estimate of drug-likeness (QED) is 0.731. The number of hydrogen-bond donors (Lipinski definition) is 2. The lowest BCUT2D eigenvalue weighted by molar-refractivity contribution is 0.174. The van der Waals surface area contributed by atoms with E-state index in [0.717, 1.165) is 34.5 Å². The lowest BCUT2D eigenvalue weighted by Gasteiger charge is -2.31. The Bertz CT molecular complexity index is 1160. The van der Waals surface area contributed by atoms with Crippen molar-refractivity contribution in [3.63, 3.8) is 0 Å². The molecule has 0 fully saturated rings. The van der Waals surface area contributed by atoms with Crippen molar-refractivity contribution in [1.29, 1.82) is 5.26 Å². The third-order valence-electron chi connectivity index (χ3n) is 5.36. The maximum Gasteiger partial charge on any atom is 0.231 e. The summed E-state index contributed by atoms with van der Waals surface area (Å²) in [6, 6.07) is 16.0. The molecule has 3 N–H and O–H groups in total. The molecule has 0 aliphatic carbocycles. The Morgan fingerprint density at radius 3 is 2.96 bits per heavy atom. The van der Waals surface area contributed by atoms with Crippen molar-refractivity contribution in [2.24, 2.45) is 11.7 Å². The van der Waals surface area contributed by atoms with Gasteiger partial charge in [0.05, 0.1) is 22.6 Å². The van der Waals surface area contributed by atoms with E-state index in [1.807, 2.05) is 42.5 Å². The second-order valence-corrected chi connectivity index (χ2v) is 7.17. The summed E-state index contributed by atoms with van der Waals surface area (Å²) in [5.74, 6) is 2.67. The fourth-order valence-electron chi connectivity index (χ4n) is 4.11. The molecule has 0 bridgehead atoms. The molecule has 3 aromatic rings. The minimum absolute atomic E-state index is 0.104. The number of nitrogens with zero attached hydrogens (tertiary/aromatic N) is 3. The number of nitrogens with one attached hydrogen (secondary N) is 1. The first-order valence-corrected chi connectivity index (χ1v) is 9.18. The summed E-state index contributed by atoms with van der Waals surface area (Å²) in [7, 11) is 0. The summed E-state index contributed by atoms with van der Waals surface area (Å²) in [6.45, 7) is 2.38. The van der Waals surface area contributed by atoms with Gasteiger partial charge in [0.25, 0.3) is 0 Å². The highest BCUT2D eigenvalue weighted by molar-refractivity contribution is 5.80. The monoisotopic (exact) mass is 373 g/mol. The zero-order valence-electron chi connectivity index (χ0n) is 15.3. The molecule has 0 amide bonds. The number of nitrogens with two attached hydrogens (primary N) is 1. The second kappa shape index (κ2) is 6.20. The van der Waals surface area contributed by atoms with Crippen LogP contribution in [0.15, 0.2) is 53.9 Å². The SMILES string of the molecule is CC(Cc1ccc2c(c1)OCO2)C1C(C#N)=C(N)Nc2nc3ccccc3n21. The number of hydrogen-bond acceptors (Lipinski definition) is 6. The molecule has 140 valence electrons. The van der Waals surface area contributed by atoms with Gasteiger partial charge in [0.1, 0.15) is 11.9 Å². The van der Waals surface area contributed by atoms with E-state index in [2.05, 4.69) is 27.9 Å². The summed E-state index contributed by atoms with van der Waals surface area (Å²) >= 11 is 0. The average Bonchev–Trinajstić information content (AvgIpc) is 3.30. The van der Waals surface area contributed by atoms with Crippen LogP contribution in [0.4, 0.5) is 5.95 Å². The van der Waals surface area contributed by atoms with Crippen LogP contribution >= 0.6 is 0 Å². The number of anilines is 1. The van der Waals surface area contributed by atoms with Crippen molar-refractivity contribution < 1.29 is 9.47 Å². The summed E-state index contributed by atoms with van der Waals surface area (Å²) in [6.07, 6.45) is 0.756. The number of nitriles is 1. The van der Waals surface area contributed by atoms with Gasteiger partial charge in [0.15, 0.2) is 11.5 Å². The van der Waals surface area contributed by atoms with Crippen molar-refractivity contribution in [2.45, 2.75) is 19.4 Å². The molecular formula is C21H19N5O2. The lowest BCUT2D eigenvalue weighted by Crippen LogP contribution is -2.31. The van der Waals surface area contributed by atoms with Gasteiger partial charge in [-0.2, -0.15) is 5.26 Å². The van der Waals surface area contributed by atoms with Crippen molar-refractivity contribution >= 4 is 17.0 Å². The Morgan fingerprint density at radius 1 is 1.29 bits per heavy atom. The molecule has 5 rings (SSSR count). The summed E-state index contributed by atoms with van der Waals surface area (Å²) < 4.78 is 13.0. The third kappa shape index (κ3) is 2.46. The number of aromatic nitrogens is 2. The normalized spacial score (nSPS) is 18.5. The molecular weight excluding hydrogens is 354 g/mol. The topological polar surface area (TPSA) is 98.1 Å². The van der Waals surface area contributed by atoms with Gasteiger partial charge in [-0.25, -0.2) is 4.98 Å². The standard InChI is InChI=1S/C21H19N5O2/c1-12(8-13-6-7-17-18(9-13)28-11-27-17)19-14(10-22)20(23)25-21-24-15-4-2-3-5-16(15)26(19)21/h2-7,9,12,19H,8,11,23H2,1H3,(H,24,25). The molecule has 2 aliphatic heterocycles. The van der Waals surface area contributed by atoms with Crippen LogP contribution in [0, 0.1) is 17.2 Å². The first-order chi connectivity index (χ1) is 13.7. The van der Waals surface area contributed by atoms with E-state index in [1.54, 1.807) is 0 Å². The molecule has 7 heteroatoms. The predicted octanol–water partition coefficient (Wildman–Crippen LogP) is 3.30. The fourth-order valence-corrected chi connectivity index (χ4v) is 4.11. The molecule has 0 saturated heterocycles. The summed E-state index contributed by atoms with van der Waals surface area (Å²) in [4.78, 5) is 4.65. The Hall–Kier alpha value is -3.66. The van der Waals surface area contributed by atoms with Crippen LogP contribution in [0.3, 0.4) is 0 Å². The molecule has 2 unspecified atom stereocenters. The van der Waals surface area contributed by atoms with Gasteiger partial charge in [-0.05, 0) is 42.2 Å². The van der Waals surface area contributed by atoms with E-state index >= 15 is 0 Å². The number of rotatable bonds is 3. The molecule has 0 saturated carbocycles. The zero-order chi connectivity index (χ0) is 19.3. The van der Waals surface area contributed by atoms with Gasteiger partial charge in [-0.3, -0.25) is 0 Å². The van der Waals surface area contributed by atoms with Gasteiger partial charge < -0.3 is 25.1 Å². The minimum Gasteiger partial charge on any atom is -0.454 e. The molecule has 0 radical (unpaired) electrons. The van der Waals surface area contributed by atoms with Crippen LogP contribution in [-0.2, 0) is 6.42 Å². The van der Waals surface area contributed by atoms with E-state index in [-0.39, 0.29) is 18.8 Å². The van der Waals surface area contributed by atoms with Crippen LogP contribution in [0.25, 0.3) is 11.0 Å². The van der Waals surface area contributed by atoms with Crippen LogP contribution in [0.5, 0.6) is 11.5 Å². The van der Waals surface area contributed by atoms with E-state index in [1.165, 1.54) is 0 Å². The molecule has 7 nitrogen and oxygen atoms in total. The highest BCUT2D eigenvalue weighted by Gasteiger charge is 2.33. The maximum atomic E-state index is 9.81. The van der Waals surface area contributed by atoms with Gasteiger partial charge >= 0.3 is 0 Å². The number of fused-ring (bicyclic) bond motifs is 4. The predicted molar refractivity (Wildman–Crippen MR) is 105 cm³/mol. The fraction of sp³-hybridized carbons (Fsp3) is 0.238. The Labute approximate surface area is 162 Å². The minimum atomic E-state index is -0.209. The van der Waals surface area contributed by atoms with Gasteiger partial charge in [-0.15, -0.1) is 0 Å². The number of allylic oxidation sites excluding steroid dienone is 1. The van der Waals surface area contributed by atoms with Gasteiger partial charge in [0.2, 0.25) is 12.7 Å². The van der Waals surface area contributed by atoms with Crippen LogP contribution in [0.1, 0.15) is 18.5 Å². The largest absolute Gasteiger partial charge is 0.454 e. The maximum absolute atomic E-state index is 9.81. The van der Waals surface area contributed by atoms with Crippen molar-refractivity contribution in [3.8, 4) is 17.6 Å². The van der Waals surface area contributed by atoms with Crippen molar-refractivity contribution in [3.05, 3.63) is 59.4 Å². The van der Waals surface area contributed by atoms with E-state index < -0.39 is 0 Å². The molecule has 28 heavy (non-hydrogen) atoms. The van der Waals surface area contributed by atoms with Gasteiger partial charge in [-0.1, -0.05) is 25.1 Å². The number of para-hydroxylation sites is 2. The Kier molecular flexibility index (Phi) is 3.66. The van der Waals surface area contributed by atoms with Crippen molar-refractivity contribution in [2.75, 3.05) is 12.1 Å². The zero-order valence-corrected chi connectivity index (χ0v) is 15.3.